The number of halogens is 2. The van der Waals surface area contributed by atoms with Gasteiger partial charge in [-0.3, -0.25) is 29.5 Å². The summed E-state index contributed by atoms with van der Waals surface area (Å²) in [7, 11) is 1.47. The van der Waals surface area contributed by atoms with E-state index in [0.29, 0.717) is 33.2 Å². The maximum Gasteiger partial charge on any atom is 0.260 e. The fourth-order valence-electron chi connectivity index (χ4n) is 8.88. The SMILES string of the molecule is COc1ccc(C2C3=CCC4C(=O)N(Cc5ccccc5)C(=O)C4C3CC3C(=O)N(Nc4ccc(F)cc4)C(=O)C32c2ccc(Cl)cc2)c(O)c1. The van der Waals surface area contributed by atoms with Gasteiger partial charge in [-0.05, 0) is 72.4 Å². The van der Waals surface area contributed by atoms with Crippen LogP contribution in [0.3, 0.4) is 0 Å². The van der Waals surface area contributed by atoms with Crippen LogP contribution in [0.15, 0.2) is 109 Å². The lowest BCUT2D eigenvalue weighted by Crippen LogP contribution is -2.53. The number of carbonyl (C=O) groups is 4. The summed E-state index contributed by atoms with van der Waals surface area (Å²) in [5.41, 5.74) is 4.02. The summed E-state index contributed by atoms with van der Waals surface area (Å²) in [6.07, 6.45) is 2.27. The molecule has 6 atom stereocenters. The fraction of sp³-hybridized carbons (Fsp3) is 0.250. The maximum absolute atomic E-state index is 15.2. The first kappa shape index (κ1) is 32.7. The van der Waals surface area contributed by atoms with E-state index in [9.17, 15) is 23.9 Å². The van der Waals surface area contributed by atoms with Crippen LogP contribution >= 0.6 is 11.6 Å². The van der Waals surface area contributed by atoms with Crippen LogP contribution in [-0.2, 0) is 31.1 Å². The van der Waals surface area contributed by atoms with Crippen molar-refractivity contribution in [2.75, 3.05) is 12.5 Å². The zero-order valence-electron chi connectivity index (χ0n) is 27.5. The molecule has 2 N–H and O–H groups in total. The normalized spacial score (nSPS) is 26.8. The van der Waals surface area contributed by atoms with Gasteiger partial charge in [0.25, 0.3) is 11.8 Å². The number of nitrogens with one attached hydrogen (secondary N) is 1. The third-order valence-corrected chi connectivity index (χ3v) is 11.3. The van der Waals surface area contributed by atoms with Crippen molar-refractivity contribution in [3.63, 3.8) is 0 Å². The first-order valence-electron chi connectivity index (χ1n) is 16.8. The number of benzene rings is 4. The van der Waals surface area contributed by atoms with Gasteiger partial charge in [0.2, 0.25) is 11.8 Å². The Morgan fingerprint density at radius 3 is 2.31 bits per heavy atom. The summed E-state index contributed by atoms with van der Waals surface area (Å²) >= 11 is 6.35. The van der Waals surface area contributed by atoms with Gasteiger partial charge in [0.1, 0.15) is 17.3 Å². The molecule has 2 heterocycles. The molecule has 0 bridgehead atoms. The first-order valence-corrected chi connectivity index (χ1v) is 17.1. The summed E-state index contributed by atoms with van der Waals surface area (Å²) < 4.78 is 19.2. The van der Waals surface area contributed by atoms with Gasteiger partial charge in [0, 0.05) is 22.6 Å². The van der Waals surface area contributed by atoms with Gasteiger partial charge in [0.15, 0.2) is 0 Å². The average Bonchev–Trinajstić information content (AvgIpc) is 3.50. The minimum atomic E-state index is -1.61. The van der Waals surface area contributed by atoms with E-state index < -0.39 is 52.6 Å². The molecule has 0 aromatic heterocycles. The number of phenolic OH excluding ortho intramolecular Hbond substituents is 1. The molecule has 4 aromatic carbocycles. The highest BCUT2D eigenvalue weighted by Gasteiger charge is 2.70. The summed E-state index contributed by atoms with van der Waals surface area (Å²) in [5, 5.41) is 13.0. The molecule has 3 fully saturated rings. The fourth-order valence-corrected chi connectivity index (χ4v) is 9.01. The molecule has 8 rings (SSSR count). The Hall–Kier alpha value is -5.48. The van der Waals surface area contributed by atoms with Crippen molar-refractivity contribution in [2.45, 2.75) is 30.7 Å². The molecule has 6 unspecified atom stereocenters. The van der Waals surface area contributed by atoms with Gasteiger partial charge in [-0.25, -0.2) is 4.39 Å². The van der Waals surface area contributed by atoms with Crippen molar-refractivity contribution >= 4 is 40.9 Å². The van der Waals surface area contributed by atoms with E-state index in [0.717, 1.165) is 10.6 Å². The third-order valence-electron chi connectivity index (χ3n) is 11.1. The Bertz CT molecular complexity index is 2110. The van der Waals surface area contributed by atoms with Gasteiger partial charge < -0.3 is 9.84 Å². The number of anilines is 1. The smallest absolute Gasteiger partial charge is 0.260 e. The number of methoxy groups -OCH3 is 1. The highest BCUT2D eigenvalue weighted by molar-refractivity contribution is 6.30. The standard InChI is InChI=1S/C40H33ClFN3O6/c1-51-27-15-16-29(33(46)19-27)35-28-17-18-30-34(38(49)44(36(30)47)21-22-5-3-2-4-6-22)31(28)20-32-37(48)45(43-26-13-11-25(42)12-14-26)39(50)40(32,35)23-7-9-24(41)10-8-23/h2-17,19,30-32,34-35,43,46H,18,20-21H2,1H3. The van der Waals surface area contributed by atoms with E-state index in [2.05, 4.69) is 5.43 Å². The lowest BCUT2D eigenvalue weighted by Gasteiger charge is -2.50. The molecule has 0 radical (unpaired) electrons. The molecule has 4 aromatic rings. The van der Waals surface area contributed by atoms with E-state index in [1.807, 2.05) is 36.4 Å². The second-order valence-corrected chi connectivity index (χ2v) is 14.0. The molecule has 2 saturated heterocycles. The van der Waals surface area contributed by atoms with Crippen LogP contribution in [0.2, 0.25) is 5.02 Å². The van der Waals surface area contributed by atoms with Crippen molar-refractivity contribution in [1.82, 2.24) is 9.91 Å². The molecular formula is C40H33ClFN3O6. The summed E-state index contributed by atoms with van der Waals surface area (Å²) in [4.78, 5) is 59.5. The Labute approximate surface area is 298 Å². The highest BCUT2D eigenvalue weighted by Crippen LogP contribution is 2.65. The number of imide groups is 2. The summed E-state index contributed by atoms with van der Waals surface area (Å²) in [5.74, 6) is -5.92. The Morgan fingerprint density at radius 2 is 1.63 bits per heavy atom. The number of likely N-dealkylation sites (tertiary alicyclic amines) is 1. The minimum Gasteiger partial charge on any atom is -0.508 e. The molecular weight excluding hydrogens is 673 g/mol. The monoisotopic (exact) mass is 705 g/mol. The summed E-state index contributed by atoms with van der Waals surface area (Å²) in [6, 6.07) is 26.1. The van der Waals surface area contributed by atoms with Gasteiger partial charge in [-0.15, -0.1) is 0 Å². The quantitative estimate of drug-likeness (QED) is 0.169. The number of ether oxygens (including phenoxy) is 1. The van der Waals surface area contributed by atoms with Crippen LogP contribution in [-0.4, -0.2) is 45.8 Å². The van der Waals surface area contributed by atoms with Crippen molar-refractivity contribution in [1.29, 1.82) is 0 Å². The van der Waals surface area contributed by atoms with Crippen molar-refractivity contribution in [3.8, 4) is 11.5 Å². The van der Waals surface area contributed by atoms with Crippen LogP contribution in [0, 0.1) is 29.5 Å². The van der Waals surface area contributed by atoms with Gasteiger partial charge in [0.05, 0.1) is 42.5 Å². The number of fused-ring (bicyclic) bond motifs is 4. The Kier molecular flexibility index (Phi) is 7.94. The number of nitrogens with zero attached hydrogens (tertiary/aromatic N) is 2. The van der Waals surface area contributed by atoms with E-state index in [1.54, 1.807) is 36.4 Å². The van der Waals surface area contributed by atoms with E-state index in [4.69, 9.17) is 16.3 Å². The predicted molar refractivity (Wildman–Crippen MR) is 186 cm³/mol. The van der Waals surface area contributed by atoms with Crippen molar-refractivity contribution in [3.05, 3.63) is 136 Å². The number of phenols is 1. The molecule has 258 valence electrons. The van der Waals surface area contributed by atoms with Crippen LogP contribution < -0.4 is 10.2 Å². The lowest BCUT2D eigenvalue weighted by molar-refractivity contribution is -0.142. The van der Waals surface area contributed by atoms with Gasteiger partial charge in [-0.2, -0.15) is 5.01 Å². The minimum absolute atomic E-state index is 0.0907. The van der Waals surface area contributed by atoms with E-state index >= 15 is 4.79 Å². The molecule has 2 aliphatic carbocycles. The highest BCUT2D eigenvalue weighted by atomic mass is 35.5. The zero-order valence-corrected chi connectivity index (χ0v) is 28.2. The van der Waals surface area contributed by atoms with Crippen LogP contribution in [0.1, 0.15) is 35.4 Å². The largest absolute Gasteiger partial charge is 0.508 e. The molecule has 1 saturated carbocycles. The van der Waals surface area contributed by atoms with Crippen molar-refractivity contribution < 1.29 is 33.4 Å². The van der Waals surface area contributed by atoms with Crippen LogP contribution in [0.5, 0.6) is 11.5 Å². The third kappa shape index (κ3) is 5.03. The summed E-state index contributed by atoms with van der Waals surface area (Å²) in [6.45, 7) is 0.126. The zero-order chi connectivity index (χ0) is 35.6. The maximum atomic E-state index is 15.2. The lowest BCUT2D eigenvalue weighted by atomic mass is 9.49. The number of hydrazine groups is 1. The Balaban J connectivity index is 1.31. The number of rotatable bonds is 7. The first-order chi connectivity index (χ1) is 24.6. The van der Waals surface area contributed by atoms with Gasteiger partial charge in [-0.1, -0.05) is 71.8 Å². The Morgan fingerprint density at radius 1 is 0.902 bits per heavy atom. The van der Waals surface area contributed by atoms with E-state index in [1.165, 1.54) is 42.3 Å². The predicted octanol–water partition coefficient (Wildman–Crippen LogP) is 6.38. The molecule has 4 aliphatic rings. The second-order valence-electron chi connectivity index (χ2n) is 13.5. The molecule has 4 amide bonds. The number of allylic oxidation sites excluding steroid dienone is 2. The van der Waals surface area contributed by atoms with Crippen molar-refractivity contribution in [2.24, 2.45) is 23.7 Å². The molecule has 9 nitrogen and oxygen atoms in total. The molecule has 51 heavy (non-hydrogen) atoms. The van der Waals surface area contributed by atoms with Gasteiger partial charge >= 0.3 is 0 Å². The van der Waals surface area contributed by atoms with Crippen LogP contribution in [0.25, 0.3) is 0 Å². The number of hydrogen-bond donors (Lipinski definition) is 2. The number of amides is 4. The second kappa shape index (κ2) is 12.4. The van der Waals surface area contributed by atoms with Crippen LogP contribution in [0.4, 0.5) is 10.1 Å². The number of hydrogen-bond acceptors (Lipinski definition) is 7. The number of aromatic hydroxyl groups is 1. The molecule has 0 spiro atoms. The molecule has 2 aliphatic heterocycles. The van der Waals surface area contributed by atoms with E-state index in [-0.39, 0.29) is 37.0 Å². The average molecular weight is 706 g/mol. The molecule has 11 heteroatoms. The topological polar surface area (TPSA) is 116 Å². The number of carbonyl (C=O) groups excluding carboxylic acids is 4.